The van der Waals surface area contributed by atoms with Crippen molar-refractivity contribution in [2.24, 2.45) is 0 Å². The molecule has 0 unspecified atom stereocenters. The van der Waals surface area contributed by atoms with Crippen molar-refractivity contribution in [2.45, 2.75) is 19.4 Å². The van der Waals surface area contributed by atoms with Crippen LogP contribution in [0, 0.1) is 0 Å². The maximum absolute atomic E-state index is 5.29. The molecule has 0 amide bonds. The highest BCUT2D eigenvalue weighted by Gasteiger charge is 2.14. The number of methoxy groups -OCH3 is 1. The van der Waals surface area contributed by atoms with Crippen molar-refractivity contribution in [2.75, 3.05) is 20.2 Å². The Bertz CT molecular complexity index is 599. The van der Waals surface area contributed by atoms with E-state index in [1.807, 2.05) is 6.07 Å². The fraction of sp³-hybridized carbons (Fsp3) is 0.333. The number of fused-ring (bicyclic) bond motifs is 1. The highest BCUT2D eigenvalue weighted by atomic mass is 79.9. The molecule has 2 aromatic rings. The number of ether oxygens (including phenoxy) is 1. The Morgan fingerprint density at radius 2 is 1.71 bits per heavy atom. The van der Waals surface area contributed by atoms with Gasteiger partial charge < -0.3 is 4.74 Å². The molecule has 3 heteroatoms. The molecular weight excluding hydrogens is 326 g/mol. The zero-order valence-corrected chi connectivity index (χ0v) is 13.9. The van der Waals surface area contributed by atoms with Gasteiger partial charge in [0, 0.05) is 19.6 Å². The van der Waals surface area contributed by atoms with Gasteiger partial charge in [0.1, 0.15) is 5.75 Å². The van der Waals surface area contributed by atoms with Crippen molar-refractivity contribution in [3.05, 3.63) is 63.6 Å². The summed E-state index contributed by atoms with van der Waals surface area (Å²) in [6.07, 6.45) is 2.29. The van der Waals surface area contributed by atoms with E-state index in [0.717, 1.165) is 42.7 Å². The molecule has 2 aromatic carbocycles. The van der Waals surface area contributed by atoms with Gasteiger partial charge in [-0.25, -0.2) is 0 Å². The third-order valence-corrected chi connectivity index (χ3v) is 4.76. The van der Waals surface area contributed by atoms with Crippen molar-refractivity contribution in [3.8, 4) is 5.75 Å². The molecule has 0 N–H and O–H groups in total. The molecular formula is C18H20BrNO. The summed E-state index contributed by atoms with van der Waals surface area (Å²) in [5.74, 6) is 0.891. The summed E-state index contributed by atoms with van der Waals surface area (Å²) in [7, 11) is 1.70. The van der Waals surface area contributed by atoms with Crippen LogP contribution < -0.4 is 4.74 Å². The van der Waals surface area contributed by atoms with Crippen molar-refractivity contribution >= 4 is 15.9 Å². The van der Waals surface area contributed by atoms with Gasteiger partial charge in [0.2, 0.25) is 0 Å². The average molecular weight is 346 g/mol. The lowest BCUT2D eigenvalue weighted by molar-refractivity contribution is 0.279. The van der Waals surface area contributed by atoms with Crippen LogP contribution in [-0.2, 0) is 19.4 Å². The van der Waals surface area contributed by atoms with E-state index in [1.54, 1.807) is 7.11 Å². The lowest BCUT2D eigenvalue weighted by atomic mass is 10.0. The van der Waals surface area contributed by atoms with Gasteiger partial charge in [-0.15, -0.1) is 0 Å². The molecule has 0 saturated heterocycles. The van der Waals surface area contributed by atoms with E-state index < -0.39 is 0 Å². The van der Waals surface area contributed by atoms with Crippen LogP contribution in [0.4, 0.5) is 0 Å². The van der Waals surface area contributed by atoms with Crippen LogP contribution in [0.25, 0.3) is 0 Å². The lowest BCUT2D eigenvalue weighted by Crippen LogP contribution is -2.25. The monoisotopic (exact) mass is 345 g/mol. The van der Waals surface area contributed by atoms with Crippen LogP contribution in [0.3, 0.4) is 0 Å². The topological polar surface area (TPSA) is 12.5 Å². The SMILES string of the molecule is COc1ccc(CN2CCc3ccccc3CC2)cc1Br. The molecule has 0 radical (unpaired) electrons. The second-order valence-electron chi connectivity index (χ2n) is 5.51. The summed E-state index contributed by atoms with van der Waals surface area (Å²) in [6.45, 7) is 3.25. The van der Waals surface area contributed by atoms with E-state index in [9.17, 15) is 0 Å². The Balaban J connectivity index is 1.68. The zero-order valence-electron chi connectivity index (χ0n) is 12.3. The molecule has 1 aliphatic heterocycles. The van der Waals surface area contributed by atoms with Crippen LogP contribution in [0.2, 0.25) is 0 Å². The van der Waals surface area contributed by atoms with Crippen molar-refractivity contribution in [1.82, 2.24) is 4.90 Å². The van der Waals surface area contributed by atoms with Crippen molar-refractivity contribution in [3.63, 3.8) is 0 Å². The predicted molar refractivity (Wildman–Crippen MR) is 89.8 cm³/mol. The maximum atomic E-state index is 5.29. The molecule has 0 saturated carbocycles. The fourth-order valence-electron chi connectivity index (χ4n) is 2.94. The minimum atomic E-state index is 0.891. The molecule has 1 heterocycles. The number of benzene rings is 2. The number of halogens is 1. The standard InChI is InChI=1S/C18H20BrNO/c1-21-18-7-6-14(12-17(18)19)13-20-10-8-15-4-2-3-5-16(15)9-11-20/h2-7,12H,8-11,13H2,1H3. The van der Waals surface area contributed by atoms with Gasteiger partial charge in [-0.05, 0) is 57.6 Å². The zero-order chi connectivity index (χ0) is 14.7. The number of hydrogen-bond donors (Lipinski definition) is 0. The second-order valence-corrected chi connectivity index (χ2v) is 6.37. The van der Waals surface area contributed by atoms with Gasteiger partial charge in [0.15, 0.2) is 0 Å². The van der Waals surface area contributed by atoms with E-state index in [1.165, 1.54) is 16.7 Å². The van der Waals surface area contributed by atoms with Gasteiger partial charge in [-0.3, -0.25) is 4.90 Å². The molecule has 110 valence electrons. The normalized spacial score (nSPS) is 15.3. The molecule has 0 bridgehead atoms. The Kier molecular flexibility index (Phi) is 4.61. The molecule has 0 spiro atoms. The second kappa shape index (κ2) is 6.63. The molecule has 0 aromatic heterocycles. The molecule has 1 aliphatic rings. The molecule has 3 rings (SSSR count). The average Bonchev–Trinajstić information content (AvgIpc) is 2.70. The summed E-state index contributed by atoms with van der Waals surface area (Å²) in [6, 6.07) is 15.2. The van der Waals surface area contributed by atoms with Crippen LogP contribution >= 0.6 is 15.9 Å². The quantitative estimate of drug-likeness (QED) is 0.831. The fourth-order valence-corrected chi connectivity index (χ4v) is 3.53. The smallest absolute Gasteiger partial charge is 0.133 e. The van der Waals surface area contributed by atoms with Gasteiger partial charge in [-0.1, -0.05) is 30.3 Å². The first-order chi connectivity index (χ1) is 10.3. The lowest BCUT2D eigenvalue weighted by Gasteiger charge is -2.20. The van der Waals surface area contributed by atoms with Gasteiger partial charge in [-0.2, -0.15) is 0 Å². The minimum Gasteiger partial charge on any atom is -0.496 e. The maximum Gasteiger partial charge on any atom is 0.133 e. The first-order valence-electron chi connectivity index (χ1n) is 7.38. The summed E-state index contributed by atoms with van der Waals surface area (Å²) in [5.41, 5.74) is 4.35. The molecule has 2 nitrogen and oxygen atoms in total. The highest BCUT2D eigenvalue weighted by Crippen LogP contribution is 2.26. The van der Waals surface area contributed by atoms with Crippen LogP contribution in [-0.4, -0.2) is 25.1 Å². The third-order valence-electron chi connectivity index (χ3n) is 4.14. The number of hydrogen-bond acceptors (Lipinski definition) is 2. The molecule has 0 aliphatic carbocycles. The number of nitrogens with zero attached hydrogens (tertiary/aromatic N) is 1. The minimum absolute atomic E-state index is 0.891. The van der Waals surface area contributed by atoms with Crippen LogP contribution in [0.5, 0.6) is 5.75 Å². The summed E-state index contributed by atoms with van der Waals surface area (Å²) >= 11 is 3.57. The Morgan fingerprint density at radius 3 is 2.29 bits per heavy atom. The summed E-state index contributed by atoms with van der Waals surface area (Å²) < 4.78 is 6.32. The van der Waals surface area contributed by atoms with Gasteiger partial charge >= 0.3 is 0 Å². The Hall–Kier alpha value is -1.32. The largest absolute Gasteiger partial charge is 0.496 e. The van der Waals surface area contributed by atoms with Gasteiger partial charge in [0.05, 0.1) is 11.6 Å². The van der Waals surface area contributed by atoms with Crippen molar-refractivity contribution < 1.29 is 4.74 Å². The Labute approximate surface area is 134 Å². The van der Waals surface area contributed by atoms with Crippen LogP contribution in [0.15, 0.2) is 46.9 Å². The number of rotatable bonds is 3. The van der Waals surface area contributed by atoms with E-state index in [2.05, 4.69) is 57.2 Å². The first-order valence-corrected chi connectivity index (χ1v) is 8.17. The molecule has 21 heavy (non-hydrogen) atoms. The molecule has 0 fully saturated rings. The van der Waals surface area contributed by atoms with Crippen LogP contribution in [0.1, 0.15) is 16.7 Å². The van der Waals surface area contributed by atoms with E-state index in [4.69, 9.17) is 4.74 Å². The summed E-state index contributed by atoms with van der Waals surface area (Å²) in [5, 5.41) is 0. The first kappa shape index (κ1) is 14.6. The van der Waals surface area contributed by atoms with Gasteiger partial charge in [0.25, 0.3) is 0 Å². The predicted octanol–water partition coefficient (Wildman–Crippen LogP) is 4.06. The third kappa shape index (κ3) is 3.47. The highest BCUT2D eigenvalue weighted by molar-refractivity contribution is 9.10. The van der Waals surface area contributed by atoms with E-state index >= 15 is 0 Å². The Morgan fingerprint density at radius 1 is 1.05 bits per heavy atom. The van der Waals surface area contributed by atoms with E-state index in [-0.39, 0.29) is 0 Å². The van der Waals surface area contributed by atoms with Crippen molar-refractivity contribution in [1.29, 1.82) is 0 Å². The molecule has 0 atom stereocenters. The van der Waals surface area contributed by atoms with E-state index in [0.29, 0.717) is 0 Å². The summed E-state index contributed by atoms with van der Waals surface area (Å²) in [4.78, 5) is 2.54.